The maximum Gasteiger partial charge on any atom is 0.0601 e. The van der Waals surface area contributed by atoms with E-state index in [4.69, 9.17) is 6.42 Å². The van der Waals surface area contributed by atoms with Crippen LogP contribution in [0.2, 0.25) is 0 Å². The standard InChI is InChI=1S/C17H26N2/c1-5-13-19(6-2)14-17-9-7-16(8-10-17)11-12-18-15(3)4/h1,7-10,15,18H,6,11-14H2,2-4H3. The van der Waals surface area contributed by atoms with Crippen LogP contribution in [-0.4, -0.2) is 30.6 Å². The second kappa shape index (κ2) is 8.74. The lowest BCUT2D eigenvalue weighted by molar-refractivity contribution is 0.316. The van der Waals surface area contributed by atoms with E-state index in [0.29, 0.717) is 6.04 Å². The molecule has 0 heterocycles. The van der Waals surface area contributed by atoms with Gasteiger partial charge in [0.05, 0.1) is 6.54 Å². The zero-order valence-corrected chi connectivity index (χ0v) is 12.4. The fourth-order valence-electron chi connectivity index (χ4n) is 1.98. The Bertz CT molecular complexity index is 387. The number of benzene rings is 1. The van der Waals surface area contributed by atoms with Gasteiger partial charge in [-0.25, -0.2) is 0 Å². The molecule has 1 N–H and O–H groups in total. The molecule has 0 unspecified atom stereocenters. The van der Waals surface area contributed by atoms with Gasteiger partial charge < -0.3 is 5.32 Å². The summed E-state index contributed by atoms with van der Waals surface area (Å²) in [7, 11) is 0. The van der Waals surface area contributed by atoms with Gasteiger partial charge in [0.1, 0.15) is 0 Å². The second-order valence-electron chi connectivity index (χ2n) is 5.18. The zero-order valence-electron chi connectivity index (χ0n) is 12.4. The Labute approximate surface area is 118 Å². The fourth-order valence-corrected chi connectivity index (χ4v) is 1.98. The first-order chi connectivity index (χ1) is 9.15. The van der Waals surface area contributed by atoms with Gasteiger partial charge in [-0.2, -0.15) is 0 Å². The predicted molar refractivity (Wildman–Crippen MR) is 83.1 cm³/mol. The smallest absolute Gasteiger partial charge is 0.0601 e. The highest BCUT2D eigenvalue weighted by Crippen LogP contribution is 2.08. The van der Waals surface area contributed by atoms with Crippen LogP contribution in [0.15, 0.2) is 24.3 Å². The first kappa shape index (κ1) is 15.8. The number of terminal acetylenes is 1. The lowest BCUT2D eigenvalue weighted by Gasteiger charge is -2.17. The van der Waals surface area contributed by atoms with Crippen molar-refractivity contribution in [3.8, 4) is 12.3 Å². The first-order valence-corrected chi connectivity index (χ1v) is 7.12. The molecule has 2 nitrogen and oxygen atoms in total. The summed E-state index contributed by atoms with van der Waals surface area (Å²) in [6.45, 7) is 10.2. The summed E-state index contributed by atoms with van der Waals surface area (Å²) in [4.78, 5) is 2.26. The van der Waals surface area contributed by atoms with Crippen LogP contribution >= 0.6 is 0 Å². The van der Waals surface area contributed by atoms with Crippen molar-refractivity contribution in [2.24, 2.45) is 0 Å². The van der Waals surface area contributed by atoms with E-state index >= 15 is 0 Å². The SMILES string of the molecule is C#CCN(CC)Cc1ccc(CCNC(C)C)cc1. The molecule has 0 saturated carbocycles. The molecule has 2 heteroatoms. The summed E-state index contributed by atoms with van der Waals surface area (Å²) < 4.78 is 0. The lowest BCUT2D eigenvalue weighted by atomic mass is 10.1. The van der Waals surface area contributed by atoms with Crippen molar-refractivity contribution in [1.29, 1.82) is 0 Å². The van der Waals surface area contributed by atoms with Crippen molar-refractivity contribution in [2.75, 3.05) is 19.6 Å². The molecule has 19 heavy (non-hydrogen) atoms. The monoisotopic (exact) mass is 258 g/mol. The van der Waals surface area contributed by atoms with E-state index in [-0.39, 0.29) is 0 Å². The van der Waals surface area contributed by atoms with Crippen LogP contribution in [0.25, 0.3) is 0 Å². The van der Waals surface area contributed by atoms with Gasteiger partial charge in [0.25, 0.3) is 0 Å². The van der Waals surface area contributed by atoms with E-state index < -0.39 is 0 Å². The van der Waals surface area contributed by atoms with Gasteiger partial charge in [-0.3, -0.25) is 4.90 Å². The van der Waals surface area contributed by atoms with Crippen molar-refractivity contribution in [3.05, 3.63) is 35.4 Å². The average Bonchev–Trinajstić information content (AvgIpc) is 2.39. The van der Waals surface area contributed by atoms with Crippen LogP contribution in [-0.2, 0) is 13.0 Å². The Morgan fingerprint density at radius 2 is 1.84 bits per heavy atom. The molecule has 1 aromatic carbocycles. The van der Waals surface area contributed by atoms with Crippen LogP contribution in [0.3, 0.4) is 0 Å². The molecule has 0 amide bonds. The van der Waals surface area contributed by atoms with Crippen molar-refractivity contribution in [3.63, 3.8) is 0 Å². The highest BCUT2D eigenvalue weighted by Gasteiger charge is 2.02. The van der Waals surface area contributed by atoms with Crippen molar-refractivity contribution >= 4 is 0 Å². The van der Waals surface area contributed by atoms with Gasteiger partial charge in [0.15, 0.2) is 0 Å². The number of hydrogen-bond donors (Lipinski definition) is 1. The van der Waals surface area contributed by atoms with E-state index in [1.165, 1.54) is 11.1 Å². The largest absolute Gasteiger partial charge is 0.314 e. The molecule has 0 atom stereocenters. The second-order valence-corrected chi connectivity index (χ2v) is 5.18. The van der Waals surface area contributed by atoms with Gasteiger partial charge in [0, 0.05) is 12.6 Å². The topological polar surface area (TPSA) is 15.3 Å². The van der Waals surface area contributed by atoms with Crippen LogP contribution in [0.1, 0.15) is 31.9 Å². The first-order valence-electron chi connectivity index (χ1n) is 7.12. The number of nitrogens with one attached hydrogen (secondary N) is 1. The number of nitrogens with zero attached hydrogens (tertiary/aromatic N) is 1. The van der Waals surface area contributed by atoms with E-state index in [1.807, 2.05) is 0 Å². The molecule has 0 aliphatic rings. The lowest BCUT2D eigenvalue weighted by Crippen LogP contribution is -2.25. The third-order valence-corrected chi connectivity index (χ3v) is 3.16. The Morgan fingerprint density at radius 1 is 1.21 bits per heavy atom. The third kappa shape index (κ3) is 6.42. The quantitative estimate of drug-likeness (QED) is 0.721. The Morgan fingerprint density at radius 3 is 2.37 bits per heavy atom. The highest BCUT2D eigenvalue weighted by atomic mass is 15.1. The van der Waals surface area contributed by atoms with Gasteiger partial charge in [-0.05, 0) is 30.6 Å². The molecule has 0 fully saturated rings. The summed E-state index contributed by atoms with van der Waals surface area (Å²) in [5.41, 5.74) is 2.72. The van der Waals surface area contributed by atoms with Crippen LogP contribution in [0, 0.1) is 12.3 Å². The number of hydrogen-bond acceptors (Lipinski definition) is 2. The Balaban J connectivity index is 2.45. The predicted octanol–water partition coefficient (Wildman–Crippen LogP) is 2.68. The van der Waals surface area contributed by atoms with Crippen LogP contribution in [0.4, 0.5) is 0 Å². The molecular formula is C17H26N2. The van der Waals surface area contributed by atoms with E-state index in [1.54, 1.807) is 0 Å². The molecule has 0 spiro atoms. The summed E-state index contributed by atoms with van der Waals surface area (Å²) in [5.74, 6) is 2.71. The summed E-state index contributed by atoms with van der Waals surface area (Å²) in [5, 5.41) is 3.44. The maximum atomic E-state index is 5.36. The minimum Gasteiger partial charge on any atom is -0.314 e. The molecule has 0 saturated heterocycles. The summed E-state index contributed by atoms with van der Waals surface area (Å²) in [6.07, 6.45) is 6.45. The Hall–Kier alpha value is -1.30. The van der Waals surface area contributed by atoms with Crippen molar-refractivity contribution in [2.45, 2.75) is 39.8 Å². The summed E-state index contributed by atoms with van der Waals surface area (Å²) in [6, 6.07) is 9.43. The third-order valence-electron chi connectivity index (χ3n) is 3.16. The minimum atomic E-state index is 0.557. The van der Waals surface area contributed by atoms with E-state index in [2.05, 4.69) is 61.2 Å². The molecule has 0 aromatic heterocycles. The van der Waals surface area contributed by atoms with Gasteiger partial charge in [0.2, 0.25) is 0 Å². The zero-order chi connectivity index (χ0) is 14.1. The summed E-state index contributed by atoms with van der Waals surface area (Å²) >= 11 is 0. The highest BCUT2D eigenvalue weighted by molar-refractivity contribution is 5.23. The fraction of sp³-hybridized carbons (Fsp3) is 0.529. The molecule has 1 rings (SSSR count). The molecule has 0 aliphatic heterocycles. The molecule has 0 aliphatic carbocycles. The Kier molecular flexibility index (Phi) is 7.25. The molecule has 1 aromatic rings. The molecule has 0 bridgehead atoms. The van der Waals surface area contributed by atoms with Crippen LogP contribution < -0.4 is 5.32 Å². The van der Waals surface area contributed by atoms with E-state index in [9.17, 15) is 0 Å². The van der Waals surface area contributed by atoms with Gasteiger partial charge in [-0.15, -0.1) is 6.42 Å². The van der Waals surface area contributed by atoms with Crippen molar-refractivity contribution < 1.29 is 0 Å². The average molecular weight is 258 g/mol. The normalized spacial score (nSPS) is 10.9. The van der Waals surface area contributed by atoms with Crippen LogP contribution in [0.5, 0.6) is 0 Å². The van der Waals surface area contributed by atoms with Gasteiger partial charge >= 0.3 is 0 Å². The van der Waals surface area contributed by atoms with Crippen molar-refractivity contribution in [1.82, 2.24) is 10.2 Å². The minimum absolute atomic E-state index is 0.557. The number of rotatable bonds is 8. The maximum absolute atomic E-state index is 5.36. The molecule has 104 valence electrons. The molecular weight excluding hydrogens is 232 g/mol. The van der Waals surface area contributed by atoms with Gasteiger partial charge in [-0.1, -0.05) is 51.0 Å². The van der Waals surface area contributed by atoms with E-state index in [0.717, 1.165) is 32.6 Å². The molecule has 0 radical (unpaired) electrons.